The molecule has 0 bridgehead atoms. The molecular weight excluding hydrogens is 379 g/mol. The first-order valence-corrected chi connectivity index (χ1v) is 10.3. The lowest BCUT2D eigenvalue weighted by Crippen LogP contribution is -2.14. The van der Waals surface area contributed by atoms with Gasteiger partial charge in [-0.2, -0.15) is 0 Å². The van der Waals surface area contributed by atoms with Crippen molar-refractivity contribution in [1.29, 1.82) is 0 Å². The first-order valence-electron chi connectivity index (χ1n) is 7.69. The van der Waals surface area contributed by atoms with Crippen molar-refractivity contribution in [2.45, 2.75) is 17.0 Å². The molecule has 9 heteroatoms. The van der Waals surface area contributed by atoms with Crippen LogP contribution in [0.15, 0.2) is 57.0 Å². The molecule has 1 aromatic heterocycles. The van der Waals surface area contributed by atoms with Crippen LogP contribution in [-0.4, -0.2) is 30.8 Å². The van der Waals surface area contributed by atoms with E-state index in [0.29, 0.717) is 11.1 Å². The number of benzene rings is 2. The summed E-state index contributed by atoms with van der Waals surface area (Å²) in [5, 5.41) is 2.70. The second kappa shape index (κ2) is 7.46. The highest BCUT2D eigenvalue weighted by Crippen LogP contribution is 2.26. The maximum atomic E-state index is 13.5. The number of hydrogen-bond donors (Lipinski definition) is 1. The SMILES string of the molecule is CCS(=O)(=O)c1ccc2oc(SCC(=O)Nc3ccccc3F)nc2c1. The highest BCUT2D eigenvalue weighted by Gasteiger charge is 2.15. The van der Waals surface area contributed by atoms with Crippen LogP contribution in [0.25, 0.3) is 11.1 Å². The number of nitrogens with one attached hydrogen (secondary N) is 1. The Bertz CT molecular complexity index is 1060. The van der Waals surface area contributed by atoms with Gasteiger partial charge >= 0.3 is 0 Å². The molecule has 0 aliphatic carbocycles. The van der Waals surface area contributed by atoms with Gasteiger partial charge in [-0.15, -0.1) is 0 Å². The van der Waals surface area contributed by atoms with E-state index in [-0.39, 0.29) is 27.3 Å². The summed E-state index contributed by atoms with van der Waals surface area (Å²) in [6, 6.07) is 10.3. The minimum absolute atomic E-state index is 0.00577. The Morgan fingerprint density at radius 1 is 1.27 bits per heavy atom. The molecule has 1 heterocycles. The second-order valence-corrected chi connectivity index (χ2v) is 8.53. The summed E-state index contributed by atoms with van der Waals surface area (Å²) in [7, 11) is -3.33. The number of hydrogen-bond acceptors (Lipinski definition) is 6. The summed E-state index contributed by atoms with van der Waals surface area (Å²) in [5.41, 5.74) is 0.929. The van der Waals surface area contributed by atoms with Crippen molar-refractivity contribution in [1.82, 2.24) is 4.98 Å². The first-order chi connectivity index (χ1) is 12.4. The van der Waals surface area contributed by atoms with Crippen molar-refractivity contribution in [3.8, 4) is 0 Å². The molecule has 3 rings (SSSR count). The van der Waals surface area contributed by atoms with Gasteiger partial charge in [0.15, 0.2) is 15.4 Å². The van der Waals surface area contributed by atoms with Gasteiger partial charge in [0, 0.05) is 0 Å². The van der Waals surface area contributed by atoms with Crippen molar-refractivity contribution < 1.29 is 22.0 Å². The molecule has 0 radical (unpaired) electrons. The Morgan fingerprint density at radius 3 is 2.77 bits per heavy atom. The van der Waals surface area contributed by atoms with Crippen LogP contribution >= 0.6 is 11.8 Å². The van der Waals surface area contributed by atoms with E-state index in [1.165, 1.54) is 36.4 Å². The van der Waals surface area contributed by atoms with Crippen molar-refractivity contribution in [3.05, 3.63) is 48.3 Å². The number of halogens is 1. The Morgan fingerprint density at radius 2 is 2.04 bits per heavy atom. The fraction of sp³-hybridized carbons (Fsp3) is 0.176. The summed E-state index contributed by atoms with van der Waals surface area (Å²) in [5.74, 6) is -0.955. The fourth-order valence-electron chi connectivity index (χ4n) is 2.18. The van der Waals surface area contributed by atoms with Gasteiger partial charge in [-0.25, -0.2) is 17.8 Å². The van der Waals surface area contributed by atoms with E-state index in [0.717, 1.165) is 11.8 Å². The molecule has 0 saturated carbocycles. The zero-order valence-corrected chi connectivity index (χ0v) is 15.4. The number of nitrogens with zero attached hydrogens (tertiary/aromatic N) is 1. The number of rotatable bonds is 6. The predicted molar refractivity (Wildman–Crippen MR) is 97.5 cm³/mol. The van der Waals surface area contributed by atoms with Crippen LogP contribution in [-0.2, 0) is 14.6 Å². The highest BCUT2D eigenvalue weighted by atomic mass is 32.2. The van der Waals surface area contributed by atoms with Crippen LogP contribution in [0.4, 0.5) is 10.1 Å². The van der Waals surface area contributed by atoms with Gasteiger partial charge in [0.1, 0.15) is 11.3 Å². The molecule has 0 saturated heterocycles. The third-order valence-corrected chi connectivity index (χ3v) is 6.11. The van der Waals surface area contributed by atoms with Crippen molar-refractivity contribution in [2.24, 2.45) is 0 Å². The number of carbonyl (C=O) groups excluding carboxylic acids is 1. The average Bonchev–Trinajstić information content (AvgIpc) is 3.04. The molecule has 0 spiro atoms. The number of carbonyl (C=O) groups is 1. The molecule has 1 amide bonds. The number of anilines is 1. The highest BCUT2D eigenvalue weighted by molar-refractivity contribution is 7.99. The van der Waals surface area contributed by atoms with Crippen LogP contribution in [0.5, 0.6) is 0 Å². The van der Waals surface area contributed by atoms with Gasteiger partial charge < -0.3 is 9.73 Å². The van der Waals surface area contributed by atoms with Gasteiger partial charge in [-0.05, 0) is 30.3 Å². The summed E-state index contributed by atoms with van der Waals surface area (Å²) in [6.07, 6.45) is 0. The predicted octanol–water partition coefficient (Wildman–Crippen LogP) is 3.49. The Hall–Kier alpha value is -2.39. The van der Waals surface area contributed by atoms with Crippen LogP contribution in [0.2, 0.25) is 0 Å². The average molecular weight is 394 g/mol. The van der Waals surface area contributed by atoms with Crippen LogP contribution < -0.4 is 5.32 Å². The Balaban J connectivity index is 1.69. The largest absolute Gasteiger partial charge is 0.431 e. The van der Waals surface area contributed by atoms with Gasteiger partial charge in [0.2, 0.25) is 5.91 Å². The third kappa shape index (κ3) is 4.05. The molecular formula is C17H15FN2O4S2. The minimum Gasteiger partial charge on any atom is -0.431 e. The molecule has 136 valence electrons. The summed E-state index contributed by atoms with van der Waals surface area (Å²) < 4.78 is 42.9. The lowest BCUT2D eigenvalue weighted by Gasteiger charge is -2.04. The van der Waals surface area contributed by atoms with Gasteiger partial charge in [0.25, 0.3) is 5.22 Å². The number of para-hydroxylation sites is 1. The molecule has 0 aliphatic heterocycles. The zero-order valence-electron chi connectivity index (χ0n) is 13.7. The number of fused-ring (bicyclic) bond motifs is 1. The van der Waals surface area contributed by atoms with Crippen molar-refractivity contribution >= 4 is 44.3 Å². The third-order valence-electron chi connectivity index (χ3n) is 3.55. The van der Waals surface area contributed by atoms with Crippen LogP contribution in [0.1, 0.15) is 6.92 Å². The lowest BCUT2D eigenvalue weighted by molar-refractivity contribution is -0.113. The fourth-order valence-corrected chi connectivity index (χ4v) is 3.72. The van der Waals surface area contributed by atoms with E-state index in [4.69, 9.17) is 4.42 Å². The normalized spacial score (nSPS) is 11.6. The number of sulfone groups is 1. The minimum atomic E-state index is -3.33. The quantitative estimate of drug-likeness (QED) is 0.644. The lowest BCUT2D eigenvalue weighted by atomic mass is 10.3. The summed E-state index contributed by atoms with van der Waals surface area (Å²) in [6.45, 7) is 1.57. The van der Waals surface area contributed by atoms with Crippen LogP contribution in [0, 0.1) is 5.82 Å². The monoisotopic (exact) mass is 394 g/mol. The van der Waals surface area contributed by atoms with Crippen molar-refractivity contribution in [3.63, 3.8) is 0 Å². The molecule has 3 aromatic rings. The van der Waals surface area contributed by atoms with Gasteiger partial charge in [-0.3, -0.25) is 4.79 Å². The number of aromatic nitrogens is 1. The molecule has 6 nitrogen and oxygen atoms in total. The molecule has 0 fully saturated rings. The molecule has 2 aromatic carbocycles. The van der Waals surface area contributed by atoms with E-state index in [2.05, 4.69) is 10.3 Å². The van der Waals surface area contributed by atoms with Crippen molar-refractivity contribution in [2.75, 3.05) is 16.8 Å². The van der Waals surface area contributed by atoms with Gasteiger partial charge in [0.05, 0.1) is 22.1 Å². The molecule has 1 N–H and O–H groups in total. The number of oxazole rings is 1. The maximum Gasteiger partial charge on any atom is 0.257 e. The summed E-state index contributed by atoms with van der Waals surface area (Å²) >= 11 is 1.04. The number of thioether (sulfide) groups is 1. The molecule has 0 atom stereocenters. The van der Waals surface area contributed by atoms with E-state index >= 15 is 0 Å². The maximum absolute atomic E-state index is 13.5. The molecule has 0 aliphatic rings. The summed E-state index contributed by atoms with van der Waals surface area (Å²) in [4.78, 5) is 16.3. The van der Waals surface area contributed by atoms with Crippen LogP contribution in [0.3, 0.4) is 0 Å². The molecule has 26 heavy (non-hydrogen) atoms. The second-order valence-electron chi connectivity index (χ2n) is 5.33. The van der Waals surface area contributed by atoms with E-state index in [1.807, 2.05) is 0 Å². The smallest absolute Gasteiger partial charge is 0.257 e. The Kier molecular flexibility index (Phi) is 5.28. The van der Waals surface area contributed by atoms with E-state index < -0.39 is 21.6 Å². The first kappa shape index (κ1) is 18.4. The van der Waals surface area contributed by atoms with E-state index in [1.54, 1.807) is 13.0 Å². The zero-order chi connectivity index (χ0) is 18.7. The van der Waals surface area contributed by atoms with E-state index in [9.17, 15) is 17.6 Å². The Labute approximate surface area is 153 Å². The van der Waals surface area contributed by atoms with Gasteiger partial charge in [-0.1, -0.05) is 30.8 Å². The standard InChI is InChI=1S/C17H15FN2O4S2/c1-2-26(22,23)11-7-8-15-14(9-11)20-17(24-15)25-10-16(21)19-13-6-4-3-5-12(13)18/h3-9H,2,10H2,1H3,(H,19,21). The molecule has 0 unspecified atom stereocenters. The topological polar surface area (TPSA) is 89.3 Å². The number of amides is 1.